The van der Waals surface area contributed by atoms with E-state index in [1.165, 1.54) is 6.07 Å². The number of aryl methyl sites for hydroxylation is 1. The lowest BCUT2D eigenvalue weighted by Crippen LogP contribution is -2.19. The zero-order valence-corrected chi connectivity index (χ0v) is 11.3. The molecule has 0 aliphatic heterocycles. The molecule has 2 aromatic rings. The highest BCUT2D eigenvalue weighted by molar-refractivity contribution is 5.35. The molecule has 0 bridgehead atoms. The van der Waals surface area contributed by atoms with Gasteiger partial charge in [0.15, 0.2) is 11.6 Å². The predicted octanol–water partition coefficient (Wildman–Crippen LogP) is 3.61. The molecule has 0 aliphatic rings. The highest BCUT2D eigenvalue weighted by Crippen LogP contribution is 2.29. The van der Waals surface area contributed by atoms with Crippen LogP contribution in [0.1, 0.15) is 23.0 Å². The number of nitrogens with two attached hydrogens (primary N) is 1. The Labute approximate surface area is 122 Å². The van der Waals surface area contributed by atoms with Crippen molar-refractivity contribution in [2.24, 2.45) is 5.73 Å². The van der Waals surface area contributed by atoms with Crippen molar-refractivity contribution in [1.29, 1.82) is 0 Å². The Balaban J connectivity index is 2.33. The van der Waals surface area contributed by atoms with Crippen molar-refractivity contribution in [3.05, 3.63) is 58.9 Å². The fraction of sp³-hybridized carbons (Fsp3) is 0.214. The highest BCUT2D eigenvalue weighted by atomic mass is 19.4. The number of rotatable bonds is 3. The number of hydrogen-bond donors (Lipinski definition) is 1. The number of benzene rings is 1. The molecular formula is C14H11F5N2O. The number of alkyl halides is 3. The predicted molar refractivity (Wildman–Crippen MR) is 68.0 cm³/mol. The number of ether oxygens (including phenoxy) is 1. The lowest BCUT2D eigenvalue weighted by Gasteiger charge is -2.15. The van der Waals surface area contributed by atoms with Crippen LogP contribution in [0.25, 0.3) is 0 Å². The van der Waals surface area contributed by atoms with Gasteiger partial charge >= 0.3 is 6.36 Å². The van der Waals surface area contributed by atoms with Crippen molar-refractivity contribution >= 4 is 0 Å². The molecule has 0 fully saturated rings. The maximum Gasteiger partial charge on any atom is 0.573 e. The van der Waals surface area contributed by atoms with E-state index in [0.29, 0.717) is 5.69 Å². The monoisotopic (exact) mass is 318 g/mol. The minimum atomic E-state index is -5.01. The molecule has 0 spiro atoms. The van der Waals surface area contributed by atoms with Gasteiger partial charge in [-0.15, -0.1) is 13.2 Å². The molecule has 0 saturated heterocycles. The Morgan fingerprint density at radius 1 is 1.09 bits per heavy atom. The van der Waals surface area contributed by atoms with Gasteiger partial charge in [0, 0.05) is 5.69 Å². The van der Waals surface area contributed by atoms with Gasteiger partial charge in [-0.05, 0) is 36.8 Å². The normalized spacial score (nSPS) is 13.0. The van der Waals surface area contributed by atoms with E-state index in [-0.39, 0.29) is 11.3 Å². The first-order chi connectivity index (χ1) is 10.2. The summed E-state index contributed by atoms with van der Waals surface area (Å²) < 4.78 is 67.1. The summed E-state index contributed by atoms with van der Waals surface area (Å²) in [5.41, 5.74) is 6.26. The molecule has 1 heterocycles. The van der Waals surface area contributed by atoms with Crippen LogP contribution in [0.3, 0.4) is 0 Å². The van der Waals surface area contributed by atoms with E-state index in [1.807, 2.05) is 0 Å². The lowest BCUT2D eigenvalue weighted by atomic mass is 10.0. The fourth-order valence-electron chi connectivity index (χ4n) is 1.85. The molecule has 1 atom stereocenters. The van der Waals surface area contributed by atoms with Gasteiger partial charge in [-0.1, -0.05) is 6.07 Å². The number of hydrogen-bond acceptors (Lipinski definition) is 3. The Morgan fingerprint density at radius 2 is 1.77 bits per heavy atom. The summed E-state index contributed by atoms with van der Waals surface area (Å²) in [7, 11) is 0. The molecule has 2 N–H and O–H groups in total. The van der Waals surface area contributed by atoms with Crippen LogP contribution >= 0.6 is 0 Å². The Morgan fingerprint density at radius 3 is 2.36 bits per heavy atom. The highest BCUT2D eigenvalue weighted by Gasteiger charge is 2.32. The van der Waals surface area contributed by atoms with Crippen LogP contribution in [0.15, 0.2) is 30.3 Å². The second-order valence-corrected chi connectivity index (χ2v) is 4.54. The van der Waals surface area contributed by atoms with Gasteiger partial charge in [0.1, 0.15) is 5.82 Å². The van der Waals surface area contributed by atoms with E-state index in [9.17, 15) is 22.0 Å². The topological polar surface area (TPSA) is 48.1 Å². The molecule has 2 rings (SSSR count). The van der Waals surface area contributed by atoms with Crippen molar-refractivity contribution in [1.82, 2.24) is 4.98 Å². The number of nitrogens with zero attached hydrogens (tertiary/aromatic N) is 1. The van der Waals surface area contributed by atoms with E-state index < -0.39 is 29.8 Å². The summed E-state index contributed by atoms with van der Waals surface area (Å²) in [6.07, 6.45) is -5.01. The minimum Gasteiger partial charge on any atom is -0.403 e. The summed E-state index contributed by atoms with van der Waals surface area (Å²) in [5.74, 6) is -2.92. The quantitative estimate of drug-likeness (QED) is 0.880. The lowest BCUT2D eigenvalue weighted by molar-refractivity contribution is -0.275. The maximum absolute atomic E-state index is 13.7. The van der Waals surface area contributed by atoms with Crippen LogP contribution in [-0.2, 0) is 0 Å². The van der Waals surface area contributed by atoms with Crippen LogP contribution < -0.4 is 10.5 Å². The summed E-state index contributed by atoms with van der Waals surface area (Å²) in [5, 5.41) is 0. The van der Waals surface area contributed by atoms with Crippen molar-refractivity contribution in [3.8, 4) is 5.75 Å². The first-order valence-electron chi connectivity index (χ1n) is 6.11. The largest absolute Gasteiger partial charge is 0.573 e. The van der Waals surface area contributed by atoms with Crippen molar-refractivity contribution in [2.75, 3.05) is 0 Å². The molecule has 1 aromatic heterocycles. The molecule has 0 radical (unpaired) electrons. The third-order valence-electron chi connectivity index (χ3n) is 2.85. The van der Waals surface area contributed by atoms with Crippen LogP contribution in [0, 0.1) is 18.6 Å². The first-order valence-corrected chi connectivity index (χ1v) is 6.11. The molecule has 3 nitrogen and oxygen atoms in total. The van der Waals surface area contributed by atoms with Crippen LogP contribution in [0.4, 0.5) is 22.0 Å². The summed E-state index contributed by atoms with van der Waals surface area (Å²) >= 11 is 0. The maximum atomic E-state index is 13.7. The Kier molecular flexibility index (Phi) is 4.32. The smallest absolute Gasteiger partial charge is 0.403 e. The van der Waals surface area contributed by atoms with Gasteiger partial charge in [-0.2, -0.15) is 0 Å². The third-order valence-corrected chi connectivity index (χ3v) is 2.85. The molecular weight excluding hydrogens is 307 g/mol. The summed E-state index contributed by atoms with van der Waals surface area (Å²) in [4.78, 5) is 3.93. The van der Waals surface area contributed by atoms with E-state index in [4.69, 9.17) is 5.73 Å². The number of halogens is 5. The molecule has 0 aliphatic carbocycles. The fourth-order valence-corrected chi connectivity index (χ4v) is 1.85. The number of aromatic nitrogens is 1. The zero-order valence-electron chi connectivity index (χ0n) is 11.3. The van der Waals surface area contributed by atoms with Crippen LogP contribution in [0.2, 0.25) is 0 Å². The molecule has 0 saturated carbocycles. The van der Waals surface area contributed by atoms with Gasteiger partial charge in [0.05, 0.1) is 11.7 Å². The average Bonchev–Trinajstić information content (AvgIpc) is 2.41. The second-order valence-electron chi connectivity index (χ2n) is 4.54. The van der Waals surface area contributed by atoms with Gasteiger partial charge in [0.25, 0.3) is 0 Å². The third kappa shape index (κ3) is 3.70. The van der Waals surface area contributed by atoms with Gasteiger partial charge < -0.3 is 10.5 Å². The van der Waals surface area contributed by atoms with Crippen LogP contribution in [0.5, 0.6) is 5.75 Å². The average molecular weight is 318 g/mol. The van der Waals surface area contributed by atoms with E-state index in [0.717, 1.165) is 24.3 Å². The Bertz CT molecular complexity index is 687. The molecule has 1 aromatic carbocycles. The van der Waals surface area contributed by atoms with Crippen molar-refractivity contribution < 1.29 is 26.7 Å². The standard InChI is InChI=1S/C14H11F5N2O/c1-7-2-4-9(15)13(21-7)12(20)8-3-5-11(10(16)6-8)22-14(17,18)19/h2-6,12H,20H2,1H3. The SMILES string of the molecule is Cc1ccc(F)c(C(N)c2ccc(OC(F)(F)F)c(F)c2)n1. The van der Waals surface area contributed by atoms with E-state index >= 15 is 0 Å². The van der Waals surface area contributed by atoms with Gasteiger partial charge in [-0.3, -0.25) is 4.98 Å². The molecule has 8 heteroatoms. The second kappa shape index (κ2) is 5.88. The van der Waals surface area contributed by atoms with Crippen molar-refractivity contribution in [3.63, 3.8) is 0 Å². The van der Waals surface area contributed by atoms with Gasteiger partial charge in [-0.25, -0.2) is 8.78 Å². The van der Waals surface area contributed by atoms with Crippen molar-refractivity contribution in [2.45, 2.75) is 19.3 Å². The first kappa shape index (κ1) is 16.2. The zero-order chi connectivity index (χ0) is 16.5. The minimum absolute atomic E-state index is 0.0732. The Hall–Kier alpha value is -2.22. The van der Waals surface area contributed by atoms with E-state index in [2.05, 4.69) is 9.72 Å². The molecule has 22 heavy (non-hydrogen) atoms. The molecule has 1 unspecified atom stereocenters. The van der Waals surface area contributed by atoms with E-state index in [1.54, 1.807) is 6.92 Å². The summed E-state index contributed by atoms with van der Waals surface area (Å²) in [6, 6.07) is 4.15. The molecule has 118 valence electrons. The summed E-state index contributed by atoms with van der Waals surface area (Å²) in [6.45, 7) is 1.62. The molecule has 0 amide bonds. The number of pyridine rings is 1. The van der Waals surface area contributed by atoms with Crippen LogP contribution in [-0.4, -0.2) is 11.3 Å². The van der Waals surface area contributed by atoms with Gasteiger partial charge in [0.2, 0.25) is 0 Å².